The molecule has 0 aromatic carbocycles. The zero-order chi connectivity index (χ0) is 12.1. The molecule has 1 unspecified atom stereocenters. The van der Waals surface area contributed by atoms with E-state index in [-0.39, 0.29) is 18.4 Å². The average Bonchev–Trinajstić information content (AvgIpc) is 2.52. The van der Waals surface area contributed by atoms with E-state index in [1.165, 1.54) is 4.90 Å². The molecule has 2 atom stereocenters. The van der Waals surface area contributed by atoms with E-state index in [4.69, 9.17) is 10.8 Å². The van der Waals surface area contributed by atoms with E-state index < -0.39 is 12.0 Å². The van der Waals surface area contributed by atoms with Gasteiger partial charge in [-0.05, 0) is 6.42 Å². The molecule has 0 saturated carbocycles. The van der Waals surface area contributed by atoms with E-state index in [1.54, 1.807) is 0 Å². The van der Waals surface area contributed by atoms with Crippen LogP contribution in [0.4, 0.5) is 0 Å². The quantitative estimate of drug-likeness (QED) is 0.651. The fourth-order valence-corrected chi connectivity index (χ4v) is 2.06. The van der Waals surface area contributed by atoms with Crippen molar-refractivity contribution in [2.75, 3.05) is 6.54 Å². The number of nitrogens with zero attached hydrogens (tertiary/aromatic N) is 1. The van der Waals surface area contributed by atoms with Gasteiger partial charge in [0.25, 0.3) is 0 Å². The van der Waals surface area contributed by atoms with E-state index in [2.05, 4.69) is 6.92 Å². The van der Waals surface area contributed by atoms with Crippen LogP contribution in [0, 0.1) is 0 Å². The standard InChI is InChI=1S/C11H20N2O3/c1-2-3-4-5-9(11(15)16)13-7-8(12)6-10(13)14/h8-9H,2-7,12H2,1H3,(H,15,16)/t8?,9-/m0/s1. The van der Waals surface area contributed by atoms with Crippen LogP contribution in [0.2, 0.25) is 0 Å². The molecule has 0 bridgehead atoms. The monoisotopic (exact) mass is 228 g/mol. The highest BCUT2D eigenvalue weighted by Crippen LogP contribution is 2.17. The summed E-state index contributed by atoms with van der Waals surface area (Å²) >= 11 is 0. The van der Waals surface area contributed by atoms with Crippen molar-refractivity contribution in [3.05, 3.63) is 0 Å². The van der Waals surface area contributed by atoms with Crippen LogP contribution in [-0.4, -0.2) is 40.5 Å². The van der Waals surface area contributed by atoms with Gasteiger partial charge in [0, 0.05) is 19.0 Å². The van der Waals surface area contributed by atoms with Gasteiger partial charge in [0.2, 0.25) is 5.91 Å². The van der Waals surface area contributed by atoms with E-state index in [0.29, 0.717) is 13.0 Å². The smallest absolute Gasteiger partial charge is 0.326 e. The second-order valence-electron chi connectivity index (χ2n) is 4.36. The summed E-state index contributed by atoms with van der Waals surface area (Å²) in [5.74, 6) is -1.05. The molecule has 0 aliphatic carbocycles. The summed E-state index contributed by atoms with van der Waals surface area (Å²) in [7, 11) is 0. The number of amides is 1. The van der Waals surface area contributed by atoms with Gasteiger partial charge in [0.15, 0.2) is 0 Å². The number of carbonyl (C=O) groups excluding carboxylic acids is 1. The maximum atomic E-state index is 11.5. The maximum Gasteiger partial charge on any atom is 0.326 e. The van der Waals surface area contributed by atoms with Gasteiger partial charge in [-0.25, -0.2) is 4.79 Å². The Morgan fingerprint density at radius 3 is 2.75 bits per heavy atom. The lowest BCUT2D eigenvalue weighted by Gasteiger charge is -2.24. The Labute approximate surface area is 95.6 Å². The van der Waals surface area contributed by atoms with Gasteiger partial charge < -0.3 is 15.7 Å². The second-order valence-corrected chi connectivity index (χ2v) is 4.36. The first-order valence-corrected chi connectivity index (χ1v) is 5.84. The zero-order valence-electron chi connectivity index (χ0n) is 9.69. The van der Waals surface area contributed by atoms with Crippen molar-refractivity contribution < 1.29 is 14.7 Å². The Hall–Kier alpha value is -1.10. The van der Waals surface area contributed by atoms with Crippen molar-refractivity contribution in [2.24, 2.45) is 5.73 Å². The van der Waals surface area contributed by atoms with E-state index in [0.717, 1.165) is 19.3 Å². The highest BCUT2D eigenvalue weighted by Gasteiger charge is 2.35. The summed E-state index contributed by atoms with van der Waals surface area (Å²) in [6.07, 6.45) is 3.68. The normalized spacial score (nSPS) is 22.5. The van der Waals surface area contributed by atoms with Gasteiger partial charge in [-0.2, -0.15) is 0 Å². The molecule has 16 heavy (non-hydrogen) atoms. The molecule has 1 aliphatic rings. The van der Waals surface area contributed by atoms with Gasteiger partial charge in [-0.15, -0.1) is 0 Å². The van der Waals surface area contributed by atoms with Crippen molar-refractivity contribution in [2.45, 2.75) is 51.1 Å². The summed E-state index contributed by atoms with van der Waals surface area (Å²) in [5, 5.41) is 9.10. The minimum Gasteiger partial charge on any atom is -0.480 e. The van der Waals surface area contributed by atoms with Crippen LogP contribution in [0.3, 0.4) is 0 Å². The highest BCUT2D eigenvalue weighted by atomic mass is 16.4. The van der Waals surface area contributed by atoms with Crippen LogP contribution in [0.1, 0.15) is 39.0 Å². The number of carbonyl (C=O) groups is 2. The third kappa shape index (κ3) is 3.20. The van der Waals surface area contributed by atoms with Crippen molar-refractivity contribution in [1.82, 2.24) is 4.90 Å². The van der Waals surface area contributed by atoms with Crippen LogP contribution < -0.4 is 5.73 Å². The van der Waals surface area contributed by atoms with Crippen LogP contribution in [0.15, 0.2) is 0 Å². The highest BCUT2D eigenvalue weighted by molar-refractivity contribution is 5.85. The molecule has 1 amide bonds. The fraction of sp³-hybridized carbons (Fsp3) is 0.818. The topological polar surface area (TPSA) is 83.6 Å². The molecule has 1 rings (SSSR count). The molecule has 1 saturated heterocycles. The first-order chi connectivity index (χ1) is 7.56. The predicted octanol–water partition coefficient (Wildman–Crippen LogP) is 0.579. The first-order valence-electron chi connectivity index (χ1n) is 5.84. The minimum atomic E-state index is -0.918. The number of carboxylic acids is 1. The Kier molecular flexibility index (Phi) is 4.73. The van der Waals surface area contributed by atoms with E-state index in [1.807, 2.05) is 0 Å². The summed E-state index contributed by atoms with van der Waals surface area (Å²) in [5.41, 5.74) is 5.65. The fourth-order valence-electron chi connectivity index (χ4n) is 2.06. The van der Waals surface area contributed by atoms with Crippen molar-refractivity contribution in [3.8, 4) is 0 Å². The molecule has 0 aromatic heterocycles. The number of nitrogens with two attached hydrogens (primary N) is 1. The lowest BCUT2D eigenvalue weighted by atomic mass is 10.1. The van der Waals surface area contributed by atoms with Gasteiger partial charge in [0.05, 0.1) is 0 Å². The molecular weight excluding hydrogens is 208 g/mol. The molecule has 5 nitrogen and oxygen atoms in total. The third-order valence-electron chi connectivity index (χ3n) is 2.93. The van der Waals surface area contributed by atoms with Gasteiger partial charge in [-0.1, -0.05) is 26.2 Å². The largest absolute Gasteiger partial charge is 0.480 e. The Bertz CT molecular complexity index is 268. The molecule has 92 valence electrons. The van der Waals surface area contributed by atoms with Crippen LogP contribution >= 0.6 is 0 Å². The average molecular weight is 228 g/mol. The van der Waals surface area contributed by atoms with Gasteiger partial charge in [-0.3, -0.25) is 4.79 Å². The molecule has 1 fully saturated rings. The number of likely N-dealkylation sites (tertiary alicyclic amines) is 1. The molecule has 0 radical (unpaired) electrons. The van der Waals surface area contributed by atoms with E-state index >= 15 is 0 Å². The number of hydrogen-bond acceptors (Lipinski definition) is 3. The Morgan fingerprint density at radius 1 is 1.62 bits per heavy atom. The second kappa shape index (κ2) is 5.84. The van der Waals surface area contributed by atoms with Crippen LogP contribution in [0.5, 0.6) is 0 Å². The number of unbranched alkanes of at least 4 members (excludes halogenated alkanes) is 2. The molecule has 0 spiro atoms. The molecular formula is C11H20N2O3. The predicted molar refractivity (Wildman–Crippen MR) is 59.9 cm³/mol. The summed E-state index contributed by atoms with van der Waals surface area (Å²) in [4.78, 5) is 24.1. The van der Waals surface area contributed by atoms with Gasteiger partial charge in [0.1, 0.15) is 6.04 Å². The molecule has 5 heteroatoms. The SMILES string of the molecule is CCCCC[C@@H](C(=O)O)N1CC(N)CC1=O. The summed E-state index contributed by atoms with van der Waals surface area (Å²) in [6.45, 7) is 2.44. The van der Waals surface area contributed by atoms with E-state index in [9.17, 15) is 9.59 Å². The zero-order valence-corrected chi connectivity index (χ0v) is 9.69. The summed E-state index contributed by atoms with van der Waals surface area (Å²) < 4.78 is 0. The lowest BCUT2D eigenvalue weighted by molar-refractivity contribution is -0.148. The Balaban J connectivity index is 2.56. The summed E-state index contributed by atoms with van der Waals surface area (Å²) in [6, 6.07) is -0.895. The molecule has 0 aromatic rings. The van der Waals surface area contributed by atoms with Crippen molar-refractivity contribution in [3.63, 3.8) is 0 Å². The number of rotatable bonds is 6. The molecule has 1 heterocycles. The van der Waals surface area contributed by atoms with Crippen LogP contribution in [0.25, 0.3) is 0 Å². The number of carboxylic acid groups (broad SMARTS) is 1. The van der Waals surface area contributed by atoms with Crippen molar-refractivity contribution >= 4 is 11.9 Å². The van der Waals surface area contributed by atoms with Crippen molar-refractivity contribution in [1.29, 1.82) is 0 Å². The lowest BCUT2D eigenvalue weighted by Crippen LogP contribution is -2.43. The first kappa shape index (κ1) is 13.0. The number of aliphatic carboxylic acids is 1. The van der Waals surface area contributed by atoms with Gasteiger partial charge >= 0.3 is 5.97 Å². The minimum absolute atomic E-state index is 0.128. The molecule has 1 aliphatic heterocycles. The maximum absolute atomic E-state index is 11.5. The third-order valence-corrected chi connectivity index (χ3v) is 2.93. The van der Waals surface area contributed by atoms with Crippen LogP contribution in [-0.2, 0) is 9.59 Å². The number of hydrogen-bond donors (Lipinski definition) is 2. The Morgan fingerprint density at radius 2 is 2.31 bits per heavy atom. The molecule has 3 N–H and O–H groups in total.